The maximum absolute atomic E-state index is 12.2. The summed E-state index contributed by atoms with van der Waals surface area (Å²) in [5.41, 5.74) is 0.0460. The number of piperidine rings is 1. The molecule has 7 heteroatoms. The largest absolute Gasteiger partial charge is 0.317 e. The molecule has 1 heterocycles. The molecule has 20 heavy (non-hydrogen) atoms. The summed E-state index contributed by atoms with van der Waals surface area (Å²) in [6, 6.07) is 6.77. The van der Waals surface area contributed by atoms with Crippen LogP contribution in [0.1, 0.15) is 19.8 Å². The third kappa shape index (κ3) is 4.70. The minimum absolute atomic E-state index is 0. The van der Waals surface area contributed by atoms with Crippen molar-refractivity contribution in [2.24, 2.45) is 5.41 Å². The van der Waals surface area contributed by atoms with Crippen molar-refractivity contribution in [1.82, 2.24) is 10.0 Å². The van der Waals surface area contributed by atoms with Crippen LogP contribution < -0.4 is 10.0 Å². The fourth-order valence-electron chi connectivity index (χ4n) is 2.19. The van der Waals surface area contributed by atoms with E-state index in [0.29, 0.717) is 11.4 Å². The van der Waals surface area contributed by atoms with Crippen molar-refractivity contribution < 1.29 is 8.42 Å². The molecule has 4 nitrogen and oxygen atoms in total. The van der Waals surface area contributed by atoms with E-state index in [1.807, 2.05) is 6.07 Å². The van der Waals surface area contributed by atoms with Gasteiger partial charge in [-0.2, -0.15) is 0 Å². The Labute approximate surface area is 135 Å². The summed E-state index contributed by atoms with van der Waals surface area (Å²) < 4.78 is 27.9. The van der Waals surface area contributed by atoms with E-state index in [4.69, 9.17) is 0 Å². The highest BCUT2D eigenvalue weighted by molar-refractivity contribution is 9.10. The fourth-order valence-corrected chi connectivity index (χ4v) is 3.99. The van der Waals surface area contributed by atoms with Crippen molar-refractivity contribution in [3.63, 3.8) is 0 Å². The Hall–Kier alpha value is -0.140. The molecule has 1 aromatic carbocycles. The van der Waals surface area contributed by atoms with Crippen LogP contribution >= 0.6 is 28.3 Å². The molecule has 114 valence electrons. The number of nitrogens with one attached hydrogen (secondary N) is 2. The summed E-state index contributed by atoms with van der Waals surface area (Å²) in [4.78, 5) is 0.305. The lowest BCUT2D eigenvalue weighted by Gasteiger charge is -2.34. The SMILES string of the molecule is CC1(CNS(=O)(=O)c2cccc(Br)c2)CCNCC1.Cl. The summed E-state index contributed by atoms with van der Waals surface area (Å²) in [5, 5.41) is 3.29. The molecule has 0 unspecified atom stereocenters. The zero-order valence-corrected chi connectivity index (χ0v) is 14.6. The number of hydrogen-bond acceptors (Lipinski definition) is 3. The standard InChI is InChI=1S/C13H19BrN2O2S.ClH/c1-13(5-7-15-8-6-13)10-16-19(17,18)12-4-2-3-11(14)9-12;/h2-4,9,15-16H,5-8,10H2,1H3;1H. The molecular weight excluding hydrogens is 364 g/mol. The van der Waals surface area contributed by atoms with Crippen molar-refractivity contribution in [1.29, 1.82) is 0 Å². The number of hydrogen-bond donors (Lipinski definition) is 2. The first-order valence-corrected chi connectivity index (χ1v) is 8.65. The third-order valence-electron chi connectivity index (χ3n) is 3.61. The van der Waals surface area contributed by atoms with Crippen molar-refractivity contribution in [3.8, 4) is 0 Å². The predicted molar refractivity (Wildman–Crippen MR) is 86.8 cm³/mol. The summed E-state index contributed by atoms with van der Waals surface area (Å²) >= 11 is 3.29. The average Bonchev–Trinajstić information content (AvgIpc) is 2.38. The van der Waals surface area contributed by atoms with Gasteiger partial charge >= 0.3 is 0 Å². The van der Waals surface area contributed by atoms with Crippen LogP contribution in [0.4, 0.5) is 0 Å². The van der Waals surface area contributed by atoms with Crippen LogP contribution in [0.2, 0.25) is 0 Å². The van der Waals surface area contributed by atoms with Gasteiger partial charge in [-0.25, -0.2) is 13.1 Å². The second-order valence-electron chi connectivity index (χ2n) is 5.34. The minimum atomic E-state index is -3.42. The third-order valence-corrected chi connectivity index (χ3v) is 5.50. The second-order valence-corrected chi connectivity index (χ2v) is 8.03. The average molecular weight is 384 g/mol. The molecule has 1 aliphatic heterocycles. The van der Waals surface area contributed by atoms with Crippen molar-refractivity contribution >= 4 is 38.4 Å². The number of halogens is 2. The van der Waals surface area contributed by atoms with E-state index in [9.17, 15) is 8.42 Å². The van der Waals surface area contributed by atoms with Gasteiger partial charge in [-0.15, -0.1) is 12.4 Å². The van der Waals surface area contributed by atoms with Crippen LogP contribution in [-0.4, -0.2) is 28.1 Å². The second kappa shape index (κ2) is 7.22. The lowest BCUT2D eigenvalue weighted by Crippen LogP contribution is -2.42. The van der Waals surface area contributed by atoms with Crippen LogP contribution in [0.25, 0.3) is 0 Å². The molecule has 2 rings (SSSR count). The topological polar surface area (TPSA) is 58.2 Å². The van der Waals surface area contributed by atoms with E-state index < -0.39 is 10.0 Å². The molecule has 0 amide bonds. The van der Waals surface area contributed by atoms with Crippen LogP contribution in [-0.2, 0) is 10.0 Å². The molecule has 0 radical (unpaired) electrons. The van der Waals surface area contributed by atoms with Gasteiger partial charge in [0.25, 0.3) is 0 Å². The molecule has 1 aliphatic rings. The predicted octanol–water partition coefficient (Wildman–Crippen LogP) is 2.54. The molecule has 1 aromatic rings. The molecular formula is C13H20BrClN2O2S. The molecule has 0 spiro atoms. The first kappa shape index (κ1) is 17.9. The molecule has 0 aromatic heterocycles. The van der Waals surface area contributed by atoms with Crippen LogP contribution in [0.3, 0.4) is 0 Å². The van der Waals surface area contributed by atoms with Gasteiger partial charge in [-0.3, -0.25) is 0 Å². The highest BCUT2D eigenvalue weighted by Gasteiger charge is 2.28. The molecule has 0 aliphatic carbocycles. The van der Waals surface area contributed by atoms with E-state index in [0.717, 1.165) is 30.4 Å². The van der Waals surface area contributed by atoms with Gasteiger partial charge in [-0.05, 0) is 49.5 Å². The first-order valence-electron chi connectivity index (χ1n) is 6.37. The molecule has 0 saturated carbocycles. The van der Waals surface area contributed by atoms with Gasteiger partial charge in [0.05, 0.1) is 4.90 Å². The molecule has 0 atom stereocenters. The van der Waals surface area contributed by atoms with E-state index >= 15 is 0 Å². The van der Waals surface area contributed by atoms with Gasteiger partial charge in [0, 0.05) is 11.0 Å². The van der Waals surface area contributed by atoms with Gasteiger partial charge in [0.2, 0.25) is 10.0 Å². The van der Waals surface area contributed by atoms with Crippen LogP contribution in [0.5, 0.6) is 0 Å². The summed E-state index contributed by atoms with van der Waals surface area (Å²) in [6.07, 6.45) is 1.99. The Balaban J connectivity index is 0.00000200. The van der Waals surface area contributed by atoms with Gasteiger partial charge < -0.3 is 5.32 Å². The maximum Gasteiger partial charge on any atom is 0.240 e. The molecule has 2 N–H and O–H groups in total. The van der Waals surface area contributed by atoms with E-state index in [2.05, 4.69) is 32.9 Å². The highest BCUT2D eigenvalue weighted by Crippen LogP contribution is 2.27. The Bertz CT molecular complexity index is 545. The van der Waals surface area contributed by atoms with Gasteiger partial charge in [0.15, 0.2) is 0 Å². The first-order chi connectivity index (χ1) is 8.91. The lowest BCUT2D eigenvalue weighted by molar-refractivity contribution is 0.232. The highest BCUT2D eigenvalue weighted by atomic mass is 79.9. The lowest BCUT2D eigenvalue weighted by atomic mass is 9.81. The molecule has 1 saturated heterocycles. The van der Waals surface area contributed by atoms with Crippen LogP contribution in [0.15, 0.2) is 33.6 Å². The molecule has 0 bridgehead atoms. The summed E-state index contributed by atoms with van der Waals surface area (Å²) in [7, 11) is -3.42. The quantitative estimate of drug-likeness (QED) is 0.840. The van der Waals surface area contributed by atoms with Gasteiger partial charge in [-0.1, -0.05) is 28.9 Å². The van der Waals surface area contributed by atoms with E-state index in [1.165, 1.54) is 0 Å². The summed E-state index contributed by atoms with van der Waals surface area (Å²) in [6.45, 7) is 4.53. The number of benzene rings is 1. The summed E-state index contributed by atoms with van der Waals surface area (Å²) in [5.74, 6) is 0. The van der Waals surface area contributed by atoms with Crippen molar-refractivity contribution in [2.45, 2.75) is 24.7 Å². The zero-order valence-electron chi connectivity index (χ0n) is 11.4. The monoisotopic (exact) mass is 382 g/mol. The maximum atomic E-state index is 12.2. The van der Waals surface area contributed by atoms with Crippen LogP contribution in [0, 0.1) is 5.41 Å². The molecule has 1 fully saturated rings. The Morgan fingerprint density at radius 2 is 2.00 bits per heavy atom. The Morgan fingerprint density at radius 1 is 1.35 bits per heavy atom. The smallest absolute Gasteiger partial charge is 0.240 e. The Morgan fingerprint density at radius 3 is 2.60 bits per heavy atom. The fraction of sp³-hybridized carbons (Fsp3) is 0.538. The number of sulfonamides is 1. The number of rotatable bonds is 4. The zero-order chi connectivity index (χ0) is 13.9. The normalized spacial score (nSPS) is 18.3. The van der Waals surface area contributed by atoms with Gasteiger partial charge in [0.1, 0.15) is 0 Å². The van der Waals surface area contributed by atoms with E-state index in [1.54, 1.807) is 18.2 Å². The van der Waals surface area contributed by atoms with Crippen molar-refractivity contribution in [2.75, 3.05) is 19.6 Å². The van der Waals surface area contributed by atoms with Crippen molar-refractivity contribution in [3.05, 3.63) is 28.7 Å². The van der Waals surface area contributed by atoms with E-state index in [-0.39, 0.29) is 17.8 Å². The minimum Gasteiger partial charge on any atom is -0.317 e. The Kier molecular flexibility index (Phi) is 6.47.